The molecule has 0 amide bonds. The number of hydrogen-bond acceptors (Lipinski definition) is 6. The van der Waals surface area contributed by atoms with Crippen LogP contribution in [0.4, 0.5) is 11.5 Å². The van der Waals surface area contributed by atoms with Crippen molar-refractivity contribution in [2.45, 2.75) is 25.7 Å². The molecule has 26 heavy (non-hydrogen) atoms. The number of nitrogen functional groups attached to an aromatic ring is 2. The van der Waals surface area contributed by atoms with Gasteiger partial charge in [-0.2, -0.15) is 0 Å². The Kier molecular flexibility index (Phi) is 3.88. The Hall–Kier alpha value is -3.28. The third-order valence-corrected chi connectivity index (χ3v) is 5.07. The lowest BCUT2D eigenvalue weighted by molar-refractivity contribution is 0.689. The van der Waals surface area contributed by atoms with Gasteiger partial charge in [0.25, 0.3) is 0 Å². The molecule has 0 spiro atoms. The van der Waals surface area contributed by atoms with Gasteiger partial charge in [0.15, 0.2) is 0 Å². The molecule has 1 aliphatic rings. The maximum Gasteiger partial charge on any atom is 0.132 e. The first-order valence-electron chi connectivity index (χ1n) is 8.64. The van der Waals surface area contributed by atoms with Gasteiger partial charge in [-0.25, -0.2) is 9.97 Å². The minimum Gasteiger partial charge on any atom is -0.398 e. The van der Waals surface area contributed by atoms with Gasteiger partial charge in [-0.15, -0.1) is 0 Å². The summed E-state index contributed by atoms with van der Waals surface area (Å²) < 4.78 is 0. The highest BCUT2D eigenvalue weighted by molar-refractivity contribution is 6.05. The van der Waals surface area contributed by atoms with Crippen molar-refractivity contribution < 1.29 is 0 Å². The number of aryl methyl sites for hydroxylation is 1. The lowest BCUT2D eigenvalue weighted by Gasteiger charge is -2.23. The zero-order valence-electron chi connectivity index (χ0n) is 14.3. The summed E-state index contributed by atoms with van der Waals surface area (Å²) in [5.41, 5.74) is 18.9. The first-order valence-corrected chi connectivity index (χ1v) is 8.64. The van der Waals surface area contributed by atoms with Gasteiger partial charge >= 0.3 is 0 Å². The number of anilines is 2. The summed E-state index contributed by atoms with van der Waals surface area (Å²) in [5.74, 6) is 0.345. The Labute approximate surface area is 151 Å². The number of pyridine rings is 2. The van der Waals surface area contributed by atoms with Gasteiger partial charge in [0.2, 0.25) is 0 Å². The molecule has 0 saturated carbocycles. The van der Waals surface area contributed by atoms with Crippen molar-refractivity contribution in [3.63, 3.8) is 0 Å². The minimum atomic E-state index is 0.345. The largest absolute Gasteiger partial charge is 0.398 e. The molecule has 3 aromatic rings. The van der Waals surface area contributed by atoms with Gasteiger partial charge in [-0.05, 0) is 55.0 Å². The van der Waals surface area contributed by atoms with E-state index in [1.807, 2.05) is 12.1 Å². The molecule has 0 fully saturated rings. The number of hydrogen-bond donors (Lipinski definition) is 4. The standard InChI is InChI=1S/C20H20N6/c21-8-11-7-12(10-25-20(11)24)19-14-4-2-1-3-13(14)18-15(9-22)16(23)5-6-17(18)26-19/h5-10,21-22H,1-4,23H2,(H2,24,25). The first kappa shape index (κ1) is 16.2. The average Bonchev–Trinajstić information content (AvgIpc) is 2.68. The molecule has 6 heteroatoms. The molecular formula is C20H20N6. The van der Waals surface area contributed by atoms with Crippen LogP contribution in [0.25, 0.3) is 22.2 Å². The number of aromatic nitrogens is 2. The van der Waals surface area contributed by atoms with Crippen LogP contribution in [0.3, 0.4) is 0 Å². The predicted molar refractivity (Wildman–Crippen MR) is 106 cm³/mol. The van der Waals surface area contributed by atoms with Crippen LogP contribution in [-0.4, -0.2) is 22.4 Å². The van der Waals surface area contributed by atoms with Crippen LogP contribution in [0.2, 0.25) is 0 Å². The summed E-state index contributed by atoms with van der Waals surface area (Å²) in [6.45, 7) is 0. The first-order chi connectivity index (χ1) is 12.6. The van der Waals surface area contributed by atoms with Gasteiger partial charge in [-0.3, -0.25) is 0 Å². The number of fused-ring (bicyclic) bond motifs is 3. The maximum atomic E-state index is 7.80. The SMILES string of the molecule is N=Cc1cc(-c2nc3ccc(N)c(C=N)c3c3c2CCCC3)cnc1N. The van der Waals surface area contributed by atoms with Crippen molar-refractivity contribution in [3.8, 4) is 11.3 Å². The Bertz CT molecular complexity index is 1050. The second-order valence-corrected chi connectivity index (χ2v) is 6.57. The van der Waals surface area contributed by atoms with Crippen molar-refractivity contribution in [2.24, 2.45) is 0 Å². The van der Waals surface area contributed by atoms with E-state index < -0.39 is 0 Å². The van der Waals surface area contributed by atoms with Crippen LogP contribution < -0.4 is 11.5 Å². The fraction of sp³-hybridized carbons (Fsp3) is 0.200. The number of nitrogens with one attached hydrogen (secondary N) is 2. The van der Waals surface area contributed by atoms with E-state index in [0.29, 0.717) is 17.1 Å². The molecule has 1 aromatic carbocycles. The monoisotopic (exact) mass is 344 g/mol. The van der Waals surface area contributed by atoms with Gasteiger partial charge in [0, 0.05) is 46.4 Å². The van der Waals surface area contributed by atoms with E-state index in [-0.39, 0.29) is 0 Å². The summed E-state index contributed by atoms with van der Waals surface area (Å²) in [5, 5.41) is 16.3. The topological polar surface area (TPSA) is 126 Å². The lowest BCUT2D eigenvalue weighted by atomic mass is 9.85. The zero-order valence-corrected chi connectivity index (χ0v) is 14.3. The summed E-state index contributed by atoms with van der Waals surface area (Å²) in [6.07, 6.45) is 8.37. The molecule has 1 aliphatic carbocycles. The highest BCUT2D eigenvalue weighted by atomic mass is 14.8. The zero-order chi connectivity index (χ0) is 18.3. The fourth-order valence-electron chi connectivity index (χ4n) is 3.80. The van der Waals surface area contributed by atoms with E-state index in [2.05, 4.69) is 4.98 Å². The van der Waals surface area contributed by atoms with Crippen molar-refractivity contribution in [1.82, 2.24) is 9.97 Å². The molecule has 0 aliphatic heterocycles. The van der Waals surface area contributed by atoms with Gasteiger partial charge in [0.1, 0.15) is 5.82 Å². The number of nitrogens with two attached hydrogens (primary N) is 2. The van der Waals surface area contributed by atoms with E-state index >= 15 is 0 Å². The molecule has 6 nitrogen and oxygen atoms in total. The molecule has 0 atom stereocenters. The van der Waals surface area contributed by atoms with E-state index in [9.17, 15) is 0 Å². The highest BCUT2D eigenvalue weighted by Gasteiger charge is 2.22. The van der Waals surface area contributed by atoms with Gasteiger partial charge in [0.05, 0.1) is 11.2 Å². The van der Waals surface area contributed by atoms with E-state index in [1.54, 1.807) is 12.3 Å². The smallest absolute Gasteiger partial charge is 0.132 e. The molecule has 6 N–H and O–H groups in total. The molecule has 130 valence electrons. The van der Waals surface area contributed by atoms with Crippen LogP contribution in [0, 0.1) is 10.8 Å². The van der Waals surface area contributed by atoms with Crippen molar-refractivity contribution in [2.75, 3.05) is 11.5 Å². The van der Waals surface area contributed by atoms with Crippen LogP contribution in [0.1, 0.15) is 35.1 Å². The van der Waals surface area contributed by atoms with Crippen molar-refractivity contribution in [3.05, 3.63) is 46.6 Å². The fourth-order valence-corrected chi connectivity index (χ4v) is 3.80. The molecule has 0 radical (unpaired) electrons. The molecule has 0 saturated heterocycles. The van der Waals surface area contributed by atoms with Crippen LogP contribution in [0.15, 0.2) is 24.4 Å². The Morgan fingerprint density at radius 2 is 1.77 bits per heavy atom. The summed E-state index contributed by atoms with van der Waals surface area (Å²) in [4.78, 5) is 9.13. The third-order valence-electron chi connectivity index (χ3n) is 5.07. The van der Waals surface area contributed by atoms with Crippen LogP contribution in [0.5, 0.6) is 0 Å². The van der Waals surface area contributed by atoms with E-state index in [1.165, 1.54) is 23.6 Å². The third kappa shape index (κ3) is 2.42. The minimum absolute atomic E-state index is 0.345. The number of rotatable bonds is 3. The molecular weight excluding hydrogens is 324 g/mol. The quantitative estimate of drug-likeness (QED) is 0.429. The Morgan fingerprint density at radius 3 is 2.50 bits per heavy atom. The second-order valence-electron chi connectivity index (χ2n) is 6.57. The Morgan fingerprint density at radius 1 is 1.00 bits per heavy atom. The second kappa shape index (κ2) is 6.22. The summed E-state index contributed by atoms with van der Waals surface area (Å²) in [7, 11) is 0. The number of nitrogens with zero attached hydrogens (tertiary/aromatic N) is 2. The van der Waals surface area contributed by atoms with Crippen molar-refractivity contribution >= 4 is 34.8 Å². The predicted octanol–water partition coefficient (Wildman–Crippen LogP) is 3.34. The molecule has 0 unspecified atom stereocenters. The highest BCUT2D eigenvalue weighted by Crippen LogP contribution is 2.37. The number of benzene rings is 1. The Balaban J connectivity index is 2.07. The average molecular weight is 344 g/mol. The van der Waals surface area contributed by atoms with Gasteiger partial charge < -0.3 is 22.3 Å². The molecule has 0 bridgehead atoms. The lowest BCUT2D eigenvalue weighted by Crippen LogP contribution is -2.10. The normalized spacial score (nSPS) is 13.4. The van der Waals surface area contributed by atoms with E-state index in [0.717, 1.165) is 53.4 Å². The van der Waals surface area contributed by atoms with Crippen LogP contribution >= 0.6 is 0 Å². The van der Waals surface area contributed by atoms with Gasteiger partial charge in [-0.1, -0.05) is 0 Å². The summed E-state index contributed by atoms with van der Waals surface area (Å²) in [6, 6.07) is 5.59. The molecule has 2 heterocycles. The molecule has 4 rings (SSSR count). The van der Waals surface area contributed by atoms with E-state index in [4.69, 9.17) is 27.3 Å². The van der Waals surface area contributed by atoms with Crippen LogP contribution in [-0.2, 0) is 12.8 Å². The summed E-state index contributed by atoms with van der Waals surface area (Å²) >= 11 is 0. The van der Waals surface area contributed by atoms with Crippen molar-refractivity contribution in [1.29, 1.82) is 10.8 Å². The maximum absolute atomic E-state index is 7.80. The molecule has 2 aromatic heterocycles.